The molecular formula is C16H22BrNOS. The van der Waals surface area contributed by atoms with Crippen LogP contribution in [-0.4, -0.2) is 30.9 Å². The zero-order valence-electron chi connectivity index (χ0n) is 12.2. The van der Waals surface area contributed by atoms with E-state index >= 15 is 0 Å². The van der Waals surface area contributed by atoms with Crippen LogP contribution < -0.4 is 21.9 Å². The molecule has 0 bridgehead atoms. The number of fused-ring (bicyclic) bond motifs is 1. The first-order valence-corrected chi connectivity index (χ1v) is 8.99. The van der Waals surface area contributed by atoms with Crippen LogP contribution in [-0.2, 0) is 10.9 Å². The van der Waals surface area contributed by atoms with Crippen LogP contribution in [0, 0.1) is 0 Å². The van der Waals surface area contributed by atoms with Crippen molar-refractivity contribution >= 4 is 22.4 Å². The highest BCUT2D eigenvalue weighted by Crippen LogP contribution is 2.32. The standard InChI is InChI=1S/C16H22NOS.BrH/c1-17(12-6-4-3-5-7-12)13-8-9-14-15(18)11-19(2)16(14)10-13;/h8-10,12H,3-7,11H2,1-2H3;1H/q+1;/p-1. The molecule has 1 unspecified atom stereocenters. The molecule has 0 aromatic heterocycles. The lowest BCUT2D eigenvalue weighted by Gasteiger charge is -2.33. The Hall–Kier alpha value is -0.480. The van der Waals surface area contributed by atoms with E-state index in [4.69, 9.17) is 0 Å². The number of anilines is 1. The van der Waals surface area contributed by atoms with Crippen LogP contribution in [0.5, 0.6) is 0 Å². The summed E-state index contributed by atoms with van der Waals surface area (Å²) in [6, 6.07) is 7.12. The highest BCUT2D eigenvalue weighted by molar-refractivity contribution is 7.97. The topological polar surface area (TPSA) is 20.3 Å². The third-order valence-corrected chi connectivity index (χ3v) is 6.30. The van der Waals surface area contributed by atoms with Crippen molar-refractivity contribution in [3.8, 4) is 0 Å². The summed E-state index contributed by atoms with van der Waals surface area (Å²) in [6.45, 7) is 0. The minimum Gasteiger partial charge on any atom is -1.00 e. The highest BCUT2D eigenvalue weighted by Gasteiger charge is 2.35. The minimum absolute atomic E-state index is 0. The van der Waals surface area contributed by atoms with Crippen LogP contribution in [0.25, 0.3) is 0 Å². The van der Waals surface area contributed by atoms with E-state index in [-0.39, 0.29) is 27.9 Å². The van der Waals surface area contributed by atoms with Gasteiger partial charge in [0.15, 0.2) is 10.6 Å². The van der Waals surface area contributed by atoms with Gasteiger partial charge in [0.1, 0.15) is 6.26 Å². The molecule has 0 saturated heterocycles. The van der Waals surface area contributed by atoms with Gasteiger partial charge in [0.25, 0.3) is 0 Å². The average molecular weight is 356 g/mol. The van der Waals surface area contributed by atoms with Gasteiger partial charge in [-0.25, -0.2) is 0 Å². The lowest BCUT2D eigenvalue weighted by Crippen LogP contribution is -3.00. The molecule has 1 fully saturated rings. The monoisotopic (exact) mass is 355 g/mol. The van der Waals surface area contributed by atoms with Crippen LogP contribution >= 0.6 is 0 Å². The molecule has 1 aliphatic heterocycles. The zero-order chi connectivity index (χ0) is 13.4. The van der Waals surface area contributed by atoms with E-state index in [9.17, 15) is 4.79 Å². The van der Waals surface area contributed by atoms with Crippen molar-refractivity contribution in [2.45, 2.75) is 43.0 Å². The fraction of sp³-hybridized carbons (Fsp3) is 0.562. The molecule has 3 rings (SSSR count). The van der Waals surface area contributed by atoms with Gasteiger partial charge in [-0.2, -0.15) is 0 Å². The number of ketones is 1. The van der Waals surface area contributed by atoms with Crippen LogP contribution in [0.1, 0.15) is 42.5 Å². The van der Waals surface area contributed by atoms with E-state index in [1.54, 1.807) is 0 Å². The van der Waals surface area contributed by atoms with Crippen LogP contribution in [0.4, 0.5) is 5.69 Å². The van der Waals surface area contributed by atoms with Crippen LogP contribution in [0.15, 0.2) is 23.1 Å². The third-order valence-electron chi connectivity index (χ3n) is 4.52. The van der Waals surface area contributed by atoms with Crippen LogP contribution in [0.3, 0.4) is 0 Å². The summed E-state index contributed by atoms with van der Waals surface area (Å²) in [6.07, 6.45) is 8.91. The number of benzene rings is 1. The molecule has 0 N–H and O–H groups in total. The van der Waals surface area contributed by atoms with E-state index < -0.39 is 0 Å². The second-order valence-corrected chi connectivity index (χ2v) is 7.79. The molecule has 0 radical (unpaired) electrons. The summed E-state index contributed by atoms with van der Waals surface area (Å²) in [5.41, 5.74) is 2.26. The second kappa shape index (κ2) is 6.52. The number of rotatable bonds is 2. The lowest BCUT2D eigenvalue weighted by atomic mass is 9.94. The maximum Gasteiger partial charge on any atom is 0.217 e. The van der Waals surface area contributed by atoms with Crippen molar-refractivity contribution in [1.82, 2.24) is 0 Å². The Balaban J connectivity index is 0.00000147. The summed E-state index contributed by atoms with van der Waals surface area (Å²) in [5.74, 6) is 1.04. The average Bonchev–Trinajstić information content (AvgIpc) is 2.74. The molecule has 0 spiro atoms. The molecular weight excluding hydrogens is 334 g/mol. The van der Waals surface area contributed by atoms with Crippen molar-refractivity contribution < 1.29 is 21.8 Å². The normalized spacial score (nSPS) is 22.3. The molecule has 1 aromatic rings. The molecule has 4 heteroatoms. The van der Waals surface area contributed by atoms with Gasteiger partial charge in [0.2, 0.25) is 5.78 Å². The van der Waals surface area contributed by atoms with Gasteiger partial charge in [-0.15, -0.1) is 0 Å². The van der Waals surface area contributed by atoms with E-state index in [0.29, 0.717) is 17.6 Å². The SMILES string of the molecule is CN(c1ccc2c(c1)[S+](C)CC2=O)C1CCCCC1.[Br-]. The molecule has 2 nitrogen and oxygen atoms in total. The summed E-state index contributed by atoms with van der Waals surface area (Å²) >= 11 is 0. The molecule has 1 aromatic carbocycles. The zero-order valence-corrected chi connectivity index (χ0v) is 14.6. The van der Waals surface area contributed by atoms with Gasteiger partial charge in [-0.3, -0.25) is 4.79 Å². The predicted molar refractivity (Wildman–Crippen MR) is 82.5 cm³/mol. The molecule has 1 aliphatic carbocycles. The van der Waals surface area contributed by atoms with Crippen LogP contribution in [0.2, 0.25) is 0 Å². The highest BCUT2D eigenvalue weighted by atomic mass is 79.9. The van der Waals surface area contributed by atoms with Crippen molar-refractivity contribution in [1.29, 1.82) is 0 Å². The second-order valence-electron chi connectivity index (χ2n) is 5.79. The van der Waals surface area contributed by atoms with Crippen molar-refractivity contribution in [2.75, 3.05) is 24.0 Å². The number of nitrogens with zero attached hydrogens (tertiary/aromatic N) is 1. The van der Waals surface area contributed by atoms with Gasteiger partial charge in [-0.05, 0) is 25.0 Å². The molecule has 1 heterocycles. The summed E-state index contributed by atoms with van der Waals surface area (Å²) < 4.78 is 0. The minimum atomic E-state index is 0. The quantitative estimate of drug-likeness (QED) is 0.709. The van der Waals surface area contributed by atoms with Crippen molar-refractivity contribution in [3.05, 3.63) is 23.8 Å². The summed E-state index contributed by atoms with van der Waals surface area (Å²) in [4.78, 5) is 15.6. The van der Waals surface area contributed by atoms with Gasteiger partial charge < -0.3 is 21.9 Å². The molecule has 1 saturated carbocycles. The molecule has 20 heavy (non-hydrogen) atoms. The molecule has 0 amide bonds. The third kappa shape index (κ3) is 2.91. The van der Waals surface area contributed by atoms with Gasteiger partial charge in [-0.1, -0.05) is 19.3 Å². The van der Waals surface area contributed by atoms with E-state index in [2.05, 4.69) is 30.3 Å². The Bertz CT molecular complexity index is 499. The van der Waals surface area contributed by atoms with E-state index in [1.165, 1.54) is 42.7 Å². The van der Waals surface area contributed by atoms with Gasteiger partial charge in [0, 0.05) is 35.7 Å². The lowest BCUT2D eigenvalue weighted by molar-refractivity contribution is -0.0000118. The Morgan fingerprint density at radius 1 is 1.20 bits per heavy atom. The van der Waals surface area contributed by atoms with Gasteiger partial charge >= 0.3 is 0 Å². The number of Topliss-reactive ketones (excluding diaryl/α,β-unsaturated/α-hetero) is 1. The number of halogens is 1. The number of carbonyl (C=O) groups excluding carboxylic acids is 1. The first-order chi connectivity index (χ1) is 9.16. The molecule has 2 aliphatic rings. The Morgan fingerprint density at radius 3 is 2.60 bits per heavy atom. The van der Waals surface area contributed by atoms with E-state index in [0.717, 1.165) is 5.56 Å². The summed E-state index contributed by atoms with van der Waals surface area (Å²) in [5, 5.41) is 0. The first-order valence-electron chi connectivity index (χ1n) is 7.19. The fourth-order valence-electron chi connectivity index (χ4n) is 3.28. The van der Waals surface area contributed by atoms with Crippen molar-refractivity contribution in [3.63, 3.8) is 0 Å². The predicted octanol–water partition coefficient (Wildman–Crippen LogP) is 0.263. The Labute approximate surface area is 135 Å². The molecule has 110 valence electrons. The number of carbonyl (C=O) groups is 1. The fourth-order valence-corrected chi connectivity index (χ4v) is 4.86. The number of hydrogen-bond acceptors (Lipinski definition) is 2. The Morgan fingerprint density at radius 2 is 1.90 bits per heavy atom. The number of hydrogen-bond donors (Lipinski definition) is 0. The maximum absolute atomic E-state index is 11.9. The smallest absolute Gasteiger partial charge is 0.217 e. The largest absolute Gasteiger partial charge is 1.00 e. The van der Waals surface area contributed by atoms with Gasteiger partial charge in [0.05, 0.1) is 5.56 Å². The van der Waals surface area contributed by atoms with E-state index in [1.807, 2.05) is 6.07 Å². The summed E-state index contributed by atoms with van der Waals surface area (Å²) in [7, 11) is 2.32. The first kappa shape index (κ1) is 15.9. The maximum atomic E-state index is 11.9. The Kier molecular flexibility index (Phi) is 5.19. The molecule has 1 atom stereocenters. The van der Waals surface area contributed by atoms with Crippen molar-refractivity contribution in [2.24, 2.45) is 0 Å².